The van der Waals surface area contributed by atoms with Gasteiger partial charge in [0, 0.05) is 44.8 Å². The lowest BCUT2D eigenvalue weighted by molar-refractivity contribution is -0.149. The van der Waals surface area contributed by atoms with Crippen molar-refractivity contribution in [3.8, 4) is 0 Å². The summed E-state index contributed by atoms with van der Waals surface area (Å²) in [7, 11) is 1.79. The first-order valence-electron chi connectivity index (χ1n) is 7.47. The highest BCUT2D eigenvalue weighted by atomic mass is 16.5. The summed E-state index contributed by atoms with van der Waals surface area (Å²) in [6, 6.07) is 2.02. The van der Waals surface area contributed by atoms with E-state index in [1.54, 1.807) is 7.11 Å². The Kier molecular flexibility index (Phi) is 4.10. The molecule has 0 bridgehead atoms. The van der Waals surface area contributed by atoms with Crippen molar-refractivity contribution < 1.29 is 14.0 Å². The number of piperidine rings is 1. The smallest absolute Gasteiger partial charge is 0.133 e. The zero-order valence-corrected chi connectivity index (χ0v) is 12.4. The third-order valence-electron chi connectivity index (χ3n) is 4.56. The van der Waals surface area contributed by atoms with Crippen LogP contribution in [0.25, 0.3) is 0 Å². The van der Waals surface area contributed by atoms with E-state index >= 15 is 0 Å². The third-order valence-corrected chi connectivity index (χ3v) is 4.56. The molecule has 20 heavy (non-hydrogen) atoms. The van der Waals surface area contributed by atoms with E-state index < -0.39 is 0 Å². The van der Waals surface area contributed by atoms with E-state index in [0.717, 1.165) is 57.1 Å². The molecule has 2 atom stereocenters. The summed E-state index contributed by atoms with van der Waals surface area (Å²) in [5.41, 5.74) is 1.18. The lowest BCUT2D eigenvalue weighted by Gasteiger charge is -2.50. The summed E-state index contributed by atoms with van der Waals surface area (Å²) in [6.07, 6.45) is 3.77. The van der Waals surface area contributed by atoms with Crippen molar-refractivity contribution in [2.75, 3.05) is 33.4 Å². The first-order chi connectivity index (χ1) is 9.72. The molecule has 0 amide bonds. The fourth-order valence-corrected chi connectivity index (χ4v) is 3.74. The average molecular weight is 280 g/mol. The molecule has 2 aliphatic heterocycles. The molecule has 2 fully saturated rings. The van der Waals surface area contributed by atoms with Gasteiger partial charge in [-0.05, 0) is 26.2 Å². The molecule has 0 aliphatic carbocycles. The van der Waals surface area contributed by atoms with Crippen LogP contribution < -0.4 is 0 Å². The van der Waals surface area contributed by atoms with E-state index in [2.05, 4.69) is 10.1 Å². The Bertz CT molecular complexity index is 444. The van der Waals surface area contributed by atoms with Crippen molar-refractivity contribution >= 4 is 0 Å². The van der Waals surface area contributed by atoms with Crippen molar-refractivity contribution in [2.45, 2.75) is 38.8 Å². The number of rotatable bonds is 4. The zero-order valence-electron chi connectivity index (χ0n) is 12.4. The van der Waals surface area contributed by atoms with Crippen molar-refractivity contribution in [1.29, 1.82) is 0 Å². The van der Waals surface area contributed by atoms with Gasteiger partial charge in [0.05, 0.1) is 18.4 Å². The van der Waals surface area contributed by atoms with Crippen molar-refractivity contribution in [1.82, 2.24) is 10.1 Å². The second-order valence-electron chi connectivity index (χ2n) is 6.19. The van der Waals surface area contributed by atoms with E-state index in [0.29, 0.717) is 6.10 Å². The predicted octanol–water partition coefficient (Wildman–Crippen LogP) is 2.00. The number of nitrogens with zero attached hydrogens (tertiary/aromatic N) is 2. The van der Waals surface area contributed by atoms with Crippen LogP contribution in [0.3, 0.4) is 0 Å². The zero-order chi connectivity index (χ0) is 14.0. The maximum Gasteiger partial charge on any atom is 0.133 e. The van der Waals surface area contributed by atoms with Gasteiger partial charge >= 0.3 is 0 Å². The van der Waals surface area contributed by atoms with E-state index in [4.69, 9.17) is 14.0 Å². The topological polar surface area (TPSA) is 47.7 Å². The minimum Gasteiger partial charge on any atom is -0.384 e. The molecule has 112 valence electrons. The van der Waals surface area contributed by atoms with Crippen LogP contribution in [0.1, 0.15) is 30.7 Å². The standard InChI is InChI=1S/C15H24N2O3/c1-12-8-13(16-20-12)9-17-6-4-14-15(10-17,11-18-2)5-3-7-19-14/h8,14H,3-7,9-11H2,1-2H3/t14-,15-/m0/s1. The molecule has 5 nitrogen and oxygen atoms in total. The quantitative estimate of drug-likeness (QED) is 0.844. The fourth-order valence-electron chi connectivity index (χ4n) is 3.74. The number of fused-ring (bicyclic) bond motifs is 1. The van der Waals surface area contributed by atoms with Gasteiger partial charge in [0.2, 0.25) is 0 Å². The van der Waals surface area contributed by atoms with E-state index in [1.165, 1.54) is 6.42 Å². The summed E-state index contributed by atoms with van der Waals surface area (Å²) in [6.45, 7) is 6.56. The number of aryl methyl sites for hydroxylation is 1. The molecular weight excluding hydrogens is 256 g/mol. The maximum atomic E-state index is 6.00. The van der Waals surface area contributed by atoms with Crippen molar-refractivity contribution in [3.63, 3.8) is 0 Å². The van der Waals surface area contributed by atoms with Gasteiger partial charge in [-0.2, -0.15) is 0 Å². The summed E-state index contributed by atoms with van der Waals surface area (Å²) in [5.74, 6) is 0.877. The average Bonchev–Trinajstić information content (AvgIpc) is 2.84. The fraction of sp³-hybridized carbons (Fsp3) is 0.800. The van der Waals surface area contributed by atoms with Gasteiger partial charge in [-0.15, -0.1) is 0 Å². The molecule has 1 aromatic heterocycles. The predicted molar refractivity (Wildman–Crippen MR) is 74.4 cm³/mol. The van der Waals surface area contributed by atoms with Gasteiger partial charge in [0.1, 0.15) is 5.76 Å². The molecule has 2 aliphatic rings. The minimum atomic E-state index is 0.157. The van der Waals surface area contributed by atoms with Gasteiger partial charge in [-0.3, -0.25) is 4.90 Å². The van der Waals surface area contributed by atoms with E-state index in [9.17, 15) is 0 Å². The third kappa shape index (κ3) is 2.75. The summed E-state index contributed by atoms with van der Waals surface area (Å²) < 4.78 is 16.7. The van der Waals surface area contributed by atoms with Crippen molar-refractivity contribution in [3.05, 3.63) is 17.5 Å². The van der Waals surface area contributed by atoms with Crippen LogP contribution in [0.4, 0.5) is 0 Å². The second-order valence-corrected chi connectivity index (χ2v) is 6.19. The highest BCUT2D eigenvalue weighted by molar-refractivity contribution is 5.05. The van der Waals surface area contributed by atoms with Crippen LogP contribution in [0.15, 0.2) is 10.6 Å². The molecule has 1 aromatic rings. The molecule has 3 rings (SSSR count). The molecule has 0 spiro atoms. The SMILES string of the molecule is COC[C@@]12CCCO[C@H]1CCN(Cc1cc(C)on1)C2. The molecule has 3 heterocycles. The lowest BCUT2D eigenvalue weighted by Crippen LogP contribution is -2.56. The molecule has 0 unspecified atom stereocenters. The highest BCUT2D eigenvalue weighted by Crippen LogP contribution is 2.40. The Balaban J connectivity index is 1.69. The first kappa shape index (κ1) is 14.0. The Morgan fingerprint density at radius 3 is 3.20 bits per heavy atom. The Hall–Kier alpha value is -0.910. The van der Waals surface area contributed by atoms with Gasteiger partial charge in [0.25, 0.3) is 0 Å². The number of aromatic nitrogens is 1. The second kappa shape index (κ2) is 5.84. The van der Waals surface area contributed by atoms with Gasteiger partial charge in [-0.1, -0.05) is 5.16 Å². The molecule has 0 N–H and O–H groups in total. The van der Waals surface area contributed by atoms with Gasteiger partial charge < -0.3 is 14.0 Å². The molecule has 0 radical (unpaired) electrons. The van der Waals surface area contributed by atoms with Crippen LogP contribution in [0, 0.1) is 12.3 Å². The van der Waals surface area contributed by atoms with Crippen LogP contribution in [-0.4, -0.2) is 49.6 Å². The Labute approximate surface area is 120 Å². The molecule has 0 saturated carbocycles. The summed E-state index contributed by atoms with van der Waals surface area (Å²) >= 11 is 0. The van der Waals surface area contributed by atoms with Crippen molar-refractivity contribution in [2.24, 2.45) is 5.41 Å². The minimum absolute atomic E-state index is 0.157. The van der Waals surface area contributed by atoms with Crippen LogP contribution >= 0.6 is 0 Å². The van der Waals surface area contributed by atoms with E-state index in [-0.39, 0.29) is 5.41 Å². The molecule has 5 heteroatoms. The lowest BCUT2D eigenvalue weighted by atomic mass is 9.73. The maximum absolute atomic E-state index is 6.00. The van der Waals surface area contributed by atoms with Crippen LogP contribution in [-0.2, 0) is 16.0 Å². The number of ether oxygens (including phenoxy) is 2. The van der Waals surface area contributed by atoms with Gasteiger partial charge in [-0.25, -0.2) is 0 Å². The molecule has 0 aromatic carbocycles. The largest absolute Gasteiger partial charge is 0.384 e. The van der Waals surface area contributed by atoms with Crippen LogP contribution in [0.2, 0.25) is 0 Å². The normalized spacial score (nSPS) is 31.2. The number of hydrogen-bond donors (Lipinski definition) is 0. The first-order valence-corrected chi connectivity index (χ1v) is 7.47. The van der Waals surface area contributed by atoms with Crippen LogP contribution in [0.5, 0.6) is 0 Å². The molecular formula is C15H24N2O3. The summed E-state index contributed by atoms with van der Waals surface area (Å²) in [4.78, 5) is 2.46. The number of likely N-dealkylation sites (tertiary alicyclic amines) is 1. The Morgan fingerprint density at radius 2 is 2.45 bits per heavy atom. The number of hydrogen-bond acceptors (Lipinski definition) is 5. The number of methoxy groups -OCH3 is 1. The molecule has 2 saturated heterocycles. The Morgan fingerprint density at radius 1 is 1.55 bits per heavy atom. The monoisotopic (exact) mass is 280 g/mol. The highest BCUT2D eigenvalue weighted by Gasteiger charge is 2.45. The summed E-state index contributed by atoms with van der Waals surface area (Å²) in [5, 5.41) is 4.10. The van der Waals surface area contributed by atoms with Gasteiger partial charge in [0.15, 0.2) is 0 Å². The van der Waals surface area contributed by atoms with E-state index in [1.807, 2.05) is 13.0 Å².